The highest BCUT2D eigenvalue weighted by Crippen LogP contribution is 2.21. The van der Waals surface area contributed by atoms with Crippen molar-refractivity contribution >= 4 is 17.5 Å². The summed E-state index contributed by atoms with van der Waals surface area (Å²) in [6.07, 6.45) is 0.486. The molecule has 4 nitrogen and oxygen atoms in total. The van der Waals surface area contributed by atoms with E-state index in [1.54, 1.807) is 0 Å². The third kappa shape index (κ3) is 3.42. The molecule has 0 unspecified atom stereocenters. The first-order valence-corrected chi connectivity index (χ1v) is 4.90. The normalized spacial score (nSPS) is 10.0. The zero-order chi connectivity index (χ0) is 11.3. The number of halogens is 1. The monoisotopic (exact) mass is 229 g/mol. The summed E-state index contributed by atoms with van der Waals surface area (Å²) in [5.74, 6) is -0.526. The van der Waals surface area contributed by atoms with E-state index < -0.39 is 0 Å². The van der Waals surface area contributed by atoms with E-state index in [2.05, 4.69) is 5.32 Å². The first kappa shape index (κ1) is 11.8. The van der Waals surface area contributed by atoms with Gasteiger partial charge in [-0.3, -0.25) is 4.79 Å². The van der Waals surface area contributed by atoms with Gasteiger partial charge in [0.2, 0.25) is 0 Å². The fourth-order valence-corrected chi connectivity index (χ4v) is 1.24. The van der Waals surface area contributed by atoms with Crippen LogP contribution in [0.3, 0.4) is 0 Å². The second-order valence-corrected chi connectivity index (χ2v) is 3.43. The van der Waals surface area contributed by atoms with E-state index in [9.17, 15) is 9.90 Å². The molecule has 15 heavy (non-hydrogen) atoms. The van der Waals surface area contributed by atoms with Crippen molar-refractivity contribution in [1.82, 2.24) is 5.32 Å². The average Bonchev–Trinajstić information content (AvgIpc) is 2.17. The fourth-order valence-electron chi connectivity index (χ4n) is 1.07. The van der Waals surface area contributed by atoms with Crippen LogP contribution in [0.2, 0.25) is 5.02 Å². The molecule has 1 rings (SSSR count). The van der Waals surface area contributed by atoms with Crippen LogP contribution in [-0.2, 0) is 0 Å². The standard InChI is InChI=1S/C10H12ClNO3/c11-7-2-3-8(9(14)6-7)10(15)12-4-1-5-13/h2-3,6,13-14H,1,4-5H2,(H,12,15). The molecule has 3 N–H and O–H groups in total. The zero-order valence-electron chi connectivity index (χ0n) is 8.03. The number of hydrogen-bond acceptors (Lipinski definition) is 3. The topological polar surface area (TPSA) is 69.6 Å². The zero-order valence-corrected chi connectivity index (χ0v) is 8.79. The minimum absolute atomic E-state index is 0.0207. The Balaban J connectivity index is 2.65. The Kier molecular flexibility index (Phi) is 4.39. The summed E-state index contributed by atoms with van der Waals surface area (Å²) in [4.78, 5) is 11.5. The molecule has 0 aliphatic heterocycles. The number of hydrogen-bond donors (Lipinski definition) is 3. The van der Waals surface area contributed by atoms with Crippen molar-refractivity contribution < 1.29 is 15.0 Å². The molecule has 0 spiro atoms. The molecule has 0 fully saturated rings. The van der Waals surface area contributed by atoms with Crippen LogP contribution in [0.25, 0.3) is 0 Å². The second kappa shape index (κ2) is 5.58. The molecular weight excluding hydrogens is 218 g/mol. The van der Waals surface area contributed by atoms with Gasteiger partial charge < -0.3 is 15.5 Å². The molecule has 5 heteroatoms. The summed E-state index contributed by atoms with van der Waals surface area (Å²) in [6, 6.07) is 4.29. The number of nitrogens with one attached hydrogen (secondary N) is 1. The van der Waals surface area contributed by atoms with Gasteiger partial charge in [-0.15, -0.1) is 0 Å². The van der Waals surface area contributed by atoms with Crippen LogP contribution in [-0.4, -0.2) is 29.3 Å². The predicted octanol–water partition coefficient (Wildman–Crippen LogP) is 1.16. The molecule has 0 aromatic heterocycles. The lowest BCUT2D eigenvalue weighted by molar-refractivity contribution is 0.0948. The summed E-state index contributed by atoms with van der Waals surface area (Å²) in [7, 11) is 0. The van der Waals surface area contributed by atoms with E-state index in [4.69, 9.17) is 16.7 Å². The number of rotatable bonds is 4. The van der Waals surface area contributed by atoms with Gasteiger partial charge in [0, 0.05) is 18.2 Å². The largest absolute Gasteiger partial charge is 0.507 e. The summed E-state index contributed by atoms with van der Waals surface area (Å²) in [5.41, 5.74) is 0.178. The third-order valence-corrected chi connectivity index (χ3v) is 2.06. The Morgan fingerprint density at radius 1 is 1.47 bits per heavy atom. The molecular formula is C10H12ClNO3. The number of carbonyl (C=O) groups is 1. The van der Waals surface area contributed by atoms with Crippen LogP contribution in [0.15, 0.2) is 18.2 Å². The van der Waals surface area contributed by atoms with Gasteiger partial charge in [-0.2, -0.15) is 0 Å². The smallest absolute Gasteiger partial charge is 0.255 e. The maximum absolute atomic E-state index is 11.5. The van der Waals surface area contributed by atoms with E-state index in [0.29, 0.717) is 18.0 Å². The molecule has 0 bridgehead atoms. The van der Waals surface area contributed by atoms with Crippen LogP contribution in [0, 0.1) is 0 Å². The maximum Gasteiger partial charge on any atom is 0.255 e. The quantitative estimate of drug-likeness (QED) is 0.679. The predicted molar refractivity (Wildman–Crippen MR) is 57.2 cm³/mol. The summed E-state index contributed by atoms with van der Waals surface area (Å²) in [6.45, 7) is 0.393. The molecule has 1 aromatic carbocycles. The minimum atomic E-state index is -0.377. The van der Waals surface area contributed by atoms with Crippen LogP contribution < -0.4 is 5.32 Å². The third-order valence-electron chi connectivity index (χ3n) is 1.82. The Morgan fingerprint density at radius 2 is 2.20 bits per heavy atom. The molecule has 0 saturated heterocycles. The summed E-state index contributed by atoms with van der Waals surface area (Å²) < 4.78 is 0. The van der Waals surface area contributed by atoms with Gasteiger partial charge in [0.1, 0.15) is 5.75 Å². The van der Waals surface area contributed by atoms with Crippen LogP contribution in [0.1, 0.15) is 16.8 Å². The van der Waals surface area contributed by atoms with Crippen molar-refractivity contribution in [2.75, 3.05) is 13.2 Å². The van der Waals surface area contributed by atoms with Gasteiger partial charge in [0.15, 0.2) is 0 Å². The van der Waals surface area contributed by atoms with Gasteiger partial charge in [0.05, 0.1) is 5.56 Å². The second-order valence-electron chi connectivity index (χ2n) is 2.99. The number of aliphatic hydroxyl groups excluding tert-OH is 1. The van der Waals surface area contributed by atoms with Crippen LogP contribution >= 0.6 is 11.6 Å². The highest BCUT2D eigenvalue weighted by Gasteiger charge is 2.10. The Morgan fingerprint density at radius 3 is 2.80 bits per heavy atom. The summed E-state index contributed by atoms with van der Waals surface area (Å²) >= 11 is 5.62. The van der Waals surface area contributed by atoms with E-state index in [1.165, 1.54) is 18.2 Å². The van der Waals surface area contributed by atoms with E-state index in [0.717, 1.165) is 0 Å². The number of aromatic hydroxyl groups is 1. The first-order chi connectivity index (χ1) is 7.15. The lowest BCUT2D eigenvalue weighted by Crippen LogP contribution is -2.25. The number of carbonyl (C=O) groups excluding carboxylic acids is 1. The van der Waals surface area contributed by atoms with Crippen LogP contribution in [0.5, 0.6) is 5.75 Å². The average molecular weight is 230 g/mol. The first-order valence-electron chi connectivity index (χ1n) is 4.52. The van der Waals surface area contributed by atoms with Gasteiger partial charge in [-0.1, -0.05) is 11.6 Å². The Labute approximate surface area is 92.5 Å². The molecule has 0 aliphatic carbocycles. The molecule has 82 valence electrons. The van der Waals surface area contributed by atoms with E-state index >= 15 is 0 Å². The number of phenols is 1. The minimum Gasteiger partial charge on any atom is -0.507 e. The van der Waals surface area contributed by atoms with Crippen molar-refractivity contribution in [2.45, 2.75) is 6.42 Å². The highest BCUT2D eigenvalue weighted by atomic mass is 35.5. The van der Waals surface area contributed by atoms with Crippen molar-refractivity contribution in [3.05, 3.63) is 28.8 Å². The van der Waals surface area contributed by atoms with Gasteiger partial charge in [0.25, 0.3) is 5.91 Å². The van der Waals surface area contributed by atoms with Crippen LogP contribution in [0.4, 0.5) is 0 Å². The Bertz CT molecular complexity index is 355. The Hall–Kier alpha value is -1.26. The van der Waals surface area contributed by atoms with E-state index in [1.807, 2.05) is 0 Å². The highest BCUT2D eigenvalue weighted by molar-refractivity contribution is 6.30. The number of benzene rings is 1. The molecule has 0 saturated carbocycles. The molecule has 0 aliphatic rings. The van der Waals surface area contributed by atoms with Gasteiger partial charge >= 0.3 is 0 Å². The van der Waals surface area contributed by atoms with Crippen molar-refractivity contribution in [3.63, 3.8) is 0 Å². The van der Waals surface area contributed by atoms with Crippen molar-refractivity contribution in [2.24, 2.45) is 0 Å². The lowest BCUT2D eigenvalue weighted by atomic mass is 10.2. The molecule has 0 radical (unpaired) electrons. The van der Waals surface area contributed by atoms with Crippen molar-refractivity contribution in [1.29, 1.82) is 0 Å². The van der Waals surface area contributed by atoms with E-state index in [-0.39, 0.29) is 23.8 Å². The number of phenolic OH excluding ortho intramolecular Hbond substituents is 1. The SMILES string of the molecule is O=C(NCCCO)c1ccc(Cl)cc1O. The molecule has 0 atom stereocenters. The summed E-state index contributed by atoms with van der Waals surface area (Å²) in [5, 5.41) is 20.9. The molecule has 1 amide bonds. The molecule has 0 heterocycles. The van der Waals surface area contributed by atoms with Gasteiger partial charge in [-0.25, -0.2) is 0 Å². The van der Waals surface area contributed by atoms with Gasteiger partial charge in [-0.05, 0) is 24.6 Å². The molecule has 1 aromatic rings. The number of amides is 1. The maximum atomic E-state index is 11.5. The fraction of sp³-hybridized carbons (Fsp3) is 0.300. The number of aliphatic hydroxyl groups is 1. The lowest BCUT2D eigenvalue weighted by Gasteiger charge is -2.05. The van der Waals surface area contributed by atoms with Crippen molar-refractivity contribution in [3.8, 4) is 5.75 Å².